The minimum atomic E-state index is -1.35. The summed E-state index contributed by atoms with van der Waals surface area (Å²) in [6.07, 6.45) is 9.34. The molecule has 0 amide bonds. The van der Waals surface area contributed by atoms with Crippen LogP contribution >= 0.6 is 80.0 Å². The van der Waals surface area contributed by atoms with Gasteiger partial charge in [0.25, 0.3) is 0 Å². The van der Waals surface area contributed by atoms with Gasteiger partial charge in [-0.15, -0.1) is 17.3 Å². The molecule has 3 aromatic heterocycles. The van der Waals surface area contributed by atoms with Crippen LogP contribution in [-0.4, -0.2) is 36.6 Å². The number of Topliss-reactive ketones (excluding diaryl/α,β-unsaturated/α-hetero) is 3. The Morgan fingerprint density at radius 1 is 0.500 bits per heavy atom. The summed E-state index contributed by atoms with van der Waals surface area (Å²) < 4.78 is 48.5. The van der Waals surface area contributed by atoms with E-state index in [1.54, 1.807) is 73.6 Å². The molecule has 0 saturated heterocycles. The Balaban J connectivity index is 0. The van der Waals surface area contributed by atoms with Crippen LogP contribution < -0.4 is 15.3 Å². The van der Waals surface area contributed by atoms with E-state index < -0.39 is 34.7 Å². The van der Waals surface area contributed by atoms with Crippen molar-refractivity contribution in [2.75, 3.05) is 0 Å². The molecule has 0 spiro atoms. The van der Waals surface area contributed by atoms with Crippen molar-refractivity contribution in [3.8, 4) is 0 Å². The van der Waals surface area contributed by atoms with Crippen molar-refractivity contribution < 1.29 is 64.3 Å². The molecule has 3 heterocycles. The van der Waals surface area contributed by atoms with Crippen molar-refractivity contribution in [3.05, 3.63) is 138 Å². The molecule has 0 fully saturated rings. The first kappa shape index (κ1) is 55.0. The van der Waals surface area contributed by atoms with E-state index in [1.807, 2.05) is 0 Å². The molecule has 0 bridgehead atoms. The number of hydrogen-bond donors (Lipinski definition) is 0. The molecular formula is C37H31Cl3F4FeI2N3O6. The molecular weight excluding hydrogens is 1070 g/mol. The van der Waals surface area contributed by atoms with Crippen LogP contribution in [0.1, 0.15) is 58.2 Å². The molecule has 0 N–H and O–H groups in total. The van der Waals surface area contributed by atoms with E-state index >= 15 is 0 Å². The number of carbonyl (C=O) groups is 3. The molecule has 0 aliphatic carbocycles. The van der Waals surface area contributed by atoms with Crippen LogP contribution in [0.3, 0.4) is 0 Å². The van der Waals surface area contributed by atoms with Crippen molar-refractivity contribution in [3.63, 3.8) is 0 Å². The summed E-state index contributed by atoms with van der Waals surface area (Å²) in [6, 6.07) is 9.91. The maximum atomic E-state index is 12.6. The summed E-state index contributed by atoms with van der Waals surface area (Å²) in [6.45, 7) is 8.32. The molecule has 4 rings (SSSR count). The number of nitrogens with zero attached hydrogens (tertiary/aromatic N) is 3. The van der Waals surface area contributed by atoms with Gasteiger partial charge in [-0.05, 0) is 119 Å². The van der Waals surface area contributed by atoms with Gasteiger partial charge in [0, 0.05) is 53.9 Å². The average Bonchev–Trinajstić information content (AvgIpc) is 3.10. The number of carbonyl (C=O) groups excluding carboxylic acids is 3. The third-order valence-electron chi connectivity index (χ3n) is 6.18. The minimum Gasteiger partial charge on any atom is -0.875 e. The molecule has 1 aromatic carbocycles. The first-order valence-corrected chi connectivity index (χ1v) is 18.5. The molecule has 301 valence electrons. The van der Waals surface area contributed by atoms with Gasteiger partial charge in [0.05, 0.1) is 7.14 Å². The van der Waals surface area contributed by atoms with Gasteiger partial charge in [-0.25, -0.2) is 17.6 Å². The predicted molar refractivity (Wildman–Crippen MR) is 216 cm³/mol. The summed E-state index contributed by atoms with van der Waals surface area (Å²) in [7, 11) is 0. The SMILES string of the molecule is CC(=O)/C(=C(/C)[O-])c1ccncc1.CC(=O)/C(=C(/C)[O-])c1ccncc1.CC(=O)/C(=C(/C)[O-])c1ccncc1.ClC(Cl)Cl.Fc1c(F)c(I)c(F)c(F)c1I.[Fe+3]. The fourth-order valence-electron chi connectivity index (χ4n) is 4.10. The summed E-state index contributed by atoms with van der Waals surface area (Å²) in [5.74, 6) is -6.65. The molecule has 56 heavy (non-hydrogen) atoms. The van der Waals surface area contributed by atoms with Gasteiger partial charge < -0.3 is 15.3 Å². The molecule has 0 aliphatic heterocycles. The van der Waals surface area contributed by atoms with Gasteiger partial charge in [-0.3, -0.25) is 29.3 Å². The topological polar surface area (TPSA) is 159 Å². The van der Waals surface area contributed by atoms with E-state index in [9.17, 15) is 47.3 Å². The summed E-state index contributed by atoms with van der Waals surface area (Å²) in [5, 5.41) is 33.3. The van der Waals surface area contributed by atoms with E-state index in [-0.39, 0.29) is 68.4 Å². The van der Waals surface area contributed by atoms with E-state index in [0.717, 1.165) is 0 Å². The molecule has 0 atom stereocenters. The van der Waals surface area contributed by atoms with Gasteiger partial charge in [-0.1, -0.05) is 55.6 Å². The first-order chi connectivity index (χ1) is 25.6. The fraction of sp³-hybridized carbons (Fsp3) is 0.189. The van der Waals surface area contributed by atoms with E-state index in [0.29, 0.717) is 16.7 Å². The first-order valence-electron chi connectivity index (χ1n) is 15.0. The maximum Gasteiger partial charge on any atom is 3.00 e. The Bertz CT molecular complexity index is 1730. The van der Waals surface area contributed by atoms with Gasteiger partial charge in [0.1, 0.15) is 0 Å². The minimum absolute atomic E-state index is 0. The van der Waals surface area contributed by atoms with Gasteiger partial charge in [0.15, 0.2) is 44.9 Å². The number of aromatic nitrogens is 3. The number of pyridine rings is 3. The van der Waals surface area contributed by atoms with E-state index in [2.05, 4.69) is 15.0 Å². The zero-order valence-electron chi connectivity index (χ0n) is 30.1. The largest absolute Gasteiger partial charge is 3.00 e. The monoisotopic (exact) mass is 1100 g/mol. The Morgan fingerprint density at radius 3 is 0.786 bits per heavy atom. The Hall–Kier alpha value is -3.13. The molecule has 9 nitrogen and oxygen atoms in total. The second-order valence-corrected chi connectivity index (χ2v) is 14.4. The van der Waals surface area contributed by atoms with Crippen molar-refractivity contribution >= 4 is 114 Å². The average molecular weight is 1110 g/mol. The zero-order chi connectivity index (χ0) is 42.6. The van der Waals surface area contributed by atoms with Crippen LogP contribution in [0.25, 0.3) is 16.7 Å². The standard InChI is InChI=1S/3C10H11NO2.C6F4I2.CHCl3.Fe/c3*1-7(12)10(8(2)13)9-3-5-11-6-4-9;7-1-2(8)6(12)4(10)3(9)5(1)11;2-1(3)4;/h3*3-6,12H,1-2H3;;1H;/q;;;;;+3/p-3/b3*10-7+;;;. The van der Waals surface area contributed by atoms with Crippen molar-refractivity contribution in [1.29, 1.82) is 0 Å². The zero-order valence-corrected chi connectivity index (χ0v) is 37.7. The van der Waals surface area contributed by atoms with Gasteiger partial charge in [-0.2, -0.15) is 0 Å². The quantitative estimate of drug-likeness (QED) is 0.0276. The van der Waals surface area contributed by atoms with E-state index in [1.165, 1.54) is 86.7 Å². The maximum absolute atomic E-state index is 12.6. The second kappa shape index (κ2) is 28.3. The smallest absolute Gasteiger partial charge is 0.875 e. The molecule has 0 aliphatic rings. The van der Waals surface area contributed by atoms with Crippen molar-refractivity contribution in [2.45, 2.75) is 45.8 Å². The molecule has 0 unspecified atom stereocenters. The van der Waals surface area contributed by atoms with Crippen molar-refractivity contribution in [1.82, 2.24) is 15.0 Å². The number of allylic oxidation sites excluding steroid dienone is 6. The van der Waals surface area contributed by atoms with E-state index in [4.69, 9.17) is 34.8 Å². The van der Waals surface area contributed by atoms with Crippen LogP contribution in [0.5, 0.6) is 0 Å². The summed E-state index contributed by atoms with van der Waals surface area (Å²) >= 11 is 16.8. The second-order valence-electron chi connectivity index (χ2n) is 10.3. The van der Waals surface area contributed by atoms with Crippen LogP contribution in [0.4, 0.5) is 17.6 Å². The number of hydrogen-bond acceptors (Lipinski definition) is 9. The summed E-state index contributed by atoms with van der Waals surface area (Å²) in [4.78, 5) is 44.8. The third-order valence-corrected chi connectivity index (χ3v) is 8.07. The van der Waals surface area contributed by atoms with Crippen LogP contribution in [0, 0.1) is 30.4 Å². The van der Waals surface area contributed by atoms with Gasteiger partial charge >= 0.3 is 17.1 Å². The van der Waals surface area contributed by atoms with Crippen LogP contribution in [-0.2, 0) is 31.5 Å². The van der Waals surface area contributed by atoms with Gasteiger partial charge in [0.2, 0.25) is 0 Å². The number of rotatable bonds is 6. The normalized spacial score (nSPS) is 11.4. The van der Waals surface area contributed by atoms with Crippen LogP contribution in [0.2, 0.25) is 0 Å². The number of halogens is 9. The molecule has 19 heteroatoms. The predicted octanol–water partition coefficient (Wildman–Crippen LogP) is 7.72. The van der Waals surface area contributed by atoms with Crippen LogP contribution in [0.15, 0.2) is 90.9 Å². The molecule has 1 radical (unpaired) electrons. The number of ketones is 3. The Labute approximate surface area is 374 Å². The number of benzene rings is 1. The third kappa shape index (κ3) is 19.3. The molecule has 4 aromatic rings. The number of alkyl halides is 3. The molecule has 0 saturated carbocycles. The van der Waals surface area contributed by atoms with Crippen molar-refractivity contribution in [2.24, 2.45) is 0 Å². The Kier molecular flexibility index (Phi) is 27.8. The summed E-state index contributed by atoms with van der Waals surface area (Å²) in [5.41, 5.74) is 2.62. The fourth-order valence-corrected chi connectivity index (χ4v) is 5.04. The Morgan fingerprint density at radius 2 is 0.661 bits per heavy atom.